The number of hydrogen-bond donors (Lipinski definition) is 2. The lowest BCUT2D eigenvalue weighted by molar-refractivity contribution is 0.402. The third kappa shape index (κ3) is 2.50. The van der Waals surface area contributed by atoms with Crippen molar-refractivity contribution in [1.29, 1.82) is 0 Å². The van der Waals surface area contributed by atoms with Crippen LogP contribution in [0.5, 0.6) is 0 Å². The van der Waals surface area contributed by atoms with Crippen molar-refractivity contribution in [2.24, 2.45) is 5.73 Å². The van der Waals surface area contributed by atoms with E-state index in [1.165, 1.54) is 6.07 Å². The first-order valence-electron chi connectivity index (χ1n) is 5.64. The molecule has 0 spiro atoms. The summed E-state index contributed by atoms with van der Waals surface area (Å²) < 4.78 is 26.3. The Bertz CT molecular complexity index is 368. The van der Waals surface area contributed by atoms with E-state index in [0.717, 1.165) is 37.8 Å². The molecule has 0 bridgehead atoms. The predicted molar refractivity (Wildman–Crippen MR) is 60.2 cm³/mol. The van der Waals surface area contributed by atoms with Gasteiger partial charge in [-0.1, -0.05) is 12.8 Å². The van der Waals surface area contributed by atoms with Crippen LogP contribution in [0.15, 0.2) is 18.2 Å². The van der Waals surface area contributed by atoms with Gasteiger partial charge < -0.3 is 11.1 Å². The monoisotopic (exact) mass is 226 g/mol. The van der Waals surface area contributed by atoms with Crippen molar-refractivity contribution in [1.82, 2.24) is 0 Å². The third-order valence-corrected chi connectivity index (χ3v) is 3.09. The molecule has 1 fully saturated rings. The SMILES string of the molecule is N[C@@H]1CCCC[C@@H]1Nc1cc(F)ccc1F. The number of nitrogens with one attached hydrogen (secondary N) is 1. The Kier molecular flexibility index (Phi) is 3.39. The van der Waals surface area contributed by atoms with Crippen LogP contribution < -0.4 is 11.1 Å². The van der Waals surface area contributed by atoms with Gasteiger partial charge in [0.2, 0.25) is 0 Å². The highest BCUT2D eigenvalue weighted by molar-refractivity contribution is 5.46. The predicted octanol–water partition coefficient (Wildman–Crippen LogP) is 2.65. The van der Waals surface area contributed by atoms with Crippen LogP contribution >= 0.6 is 0 Å². The van der Waals surface area contributed by atoms with E-state index in [2.05, 4.69) is 5.32 Å². The lowest BCUT2D eigenvalue weighted by Crippen LogP contribution is -2.42. The quantitative estimate of drug-likeness (QED) is 0.813. The molecule has 0 heterocycles. The molecule has 16 heavy (non-hydrogen) atoms. The van der Waals surface area contributed by atoms with Crippen LogP contribution in [0.1, 0.15) is 25.7 Å². The fraction of sp³-hybridized carbons (Fsp3) is 0.500. The second kappa shape index (κ2) is 4.78. The summed E-state index contributed by atoms with van der Waals surface area (Å²) >= 11 is 0. The normalized spacial score (nSPS) is 25.4. The van der Waals surface area contributed by atoms with Crippen molar-refractivity contribution in [3.63, 3.8) is 0 Å². The number of rotatable bonds is 2. The second-order valence-corrected chi connectivity index (χ2v) is 4.32. The number of hydrogen-bond acceptors (Lipinski definition) is 2. The first kappa shape index (κ1) is 11.3. The second-order valence-electron chi connectivity index (χ2n) is 4.32. The van der Waals surface area contributed by atoms with E-state index < -0.39 is 11.6 Å². The largest absolute Gasteiger partial charge is 0.378 e. The average Bonchev–Trinajstić information content (AvgIpc) is 2.27. The number of benzene rings is 1. The highest BCUT2D eigenvalue weighted by Gasteiger charge is 2.22. The van der Waals surface area contributed by atoms with Gasteiger partial charge in [-0.25, -0.2) is 8.78 Å². The molecule has 2 nitrogen and oxygen atoms in total. The molecule has 1 aromatic carbocycles. The van der Waals surface area contributed by atoms with Crippen molar-refractivity contribution >= 4 is 5.69 Å². The molecule has 1 aliphatic carbocycles. The van der Waals surface area contributed by atoms with Crippen molar-refractivity contribution in [2.75, 3.05) is 5.32 Å². The lowest BCUT2D eigenvalue weighted by atomic mass is 9.91. The summed E-state index contributed by atoms with van der Waals surface area (Å²) in [5.74, 6) is -0.868. The first-order chi connectivity index (χ1) is 7.66. The minimum Gasteiger partial charge on any atom is -0.378 e. The van der Waals surface area contributed by atoms with Gasteiger partial charge in [-0.15, -0.1) is 0 Å². The maximum absolute atomic E-state index is 13.4. The molecule has 2 rings (SSSR count). The average molecular weight is 226 g/mol. The van der Waals surface area contributed by atoms with Crippen LogP contribution in [0.2, 0.25) is 0 Å². The van der Waals surface area contributed by atoms with Gasteiger partial charge in [-0.05, 0) is 31.0 Å². The first-order valence-corrected chi connectivity index (χ1v) is 5.64. The molecule has 3 N–H and O–H groups in total. The Hall–Kier alpha value is -1.16. The lowest BCUT2D eigenvalue weighted by Gasteiger charge is -2.30. The summed E-state index contributed by atoms with van der Waals surface area (Å²) in [4.78, 5) is 0. The zero-order valence-electron chi connectivity index (χ0n) is 9.05. The fourth-order valence-corrected chi connectivity index (χ4v) is 2.15. The molecule has 0 saturated heterocycles. The van der Waals surface area contributed by atoms with Gasteiger partial charge in [-0.3, -0.25) is 0 Å². The van der Waals surface area contributed by atoms with Gasteiger partial charge in [0.1, 0.15) is 11.6 Å². The van der Waals surface area contributed by atoms with Crippen molar-refractivity contribution < 1.29 is 8.78 Å². The van der Waals surface area contributed by atoms with Gasteiger partial charge in [0.25, 0.3) is 0 Å². The van der Waals surface area contributed by atoms with Crippen LogP contribution in [0.25, 0.3) is 0 Å². The van der Waals surface area contributed by atoms with Crippen LogP contribution in [0, 0.1) is 11.6 Å². The summed E-state index contributed by atoms with van der Waals surface area (Å²) in [5, 5.41) is 3.00. The Morgan fingerprint density at radius 3 is 2.69 bits per heavy atom. The van der Waals surface area contributed by atoms with E-state index >= 15 is 0 Å². The molecule has 88 valence electrons. The van der Waals surface area contributed by atoms with Crippen LogP contribution in [-0.4, -0.2) is 12.1 Å². The van der Waals surface area contributed by atoms with E-state index in [1.807, 2.05) is 0 Å². The molecule has 1 saturated carbocycles. The van der Waals surface area contributed by atoms with Gasteiger partial charge in [0.05, 0.1) is 5.69 Å². The van der Waals surface area contributed by atoms with Crippen LogP contribution in [-0.2, 0) is 0 Å². The topological polar surface area (TPSA) is 38.0 Å². The van der Waals surface area contributed by atoms with Crippen molar-refractivity contribution in [2.45, 2.75) is 37.8 Å². The third-order valence-electron chi connectivity index (χ3n) is 3.09. The Labute approximate surface area is 93.8 Å². The summed E-state index contributed by atoms with van der Waals surface area (Å²) in [6.07, 6.45) is 4.05. The summed E-state index contributed by atoms with van der Waals surface area (Å²) in [7, 11) is 0. The van der Waals surface area contributed by atoms with Gasteiger partial charge in [0.15, 0.2) is 0 Å². The number of anilines is 1. The summed E-state index contributed by atoms with van der Waals surface area (Å²) in [5.41, 5.74) is 6.15. The standard InChI is InChI=1S/C12H16F2N2/c13-8-5-6-9(14)12(7-8)16-11-4-2-1-3-10(11)15/h5-7,10-11,16H,1-4,15H2/t10-,11+/m1/s1. The minimum absolute atomic E-state index is 0.0245. The Balaban J connectivity index is 2.10. The van der Waals surface area contributed by atoms with E-state index in [4.69, 9.17) is 5.73 Å². The van der Waals surface area contributed by atoms with E-state index in [-0.39, 0.29) is 17.8 Å². The highest BCUT2D eigenvalue weighted by atomic mass is 19.1. The van der Waals surface area contributed by atoms with Gasteiger partial charge >= 0.3 is 0 Å². The molecule has 0 radical (unpaired) electrons. The van der Waals surface area contributed by atoms with E-state index in [1.54, 1.807) is 0 Å². The van der Waals surface area contributed by atoms with Crippen molar-refractivity contribution in [3.05, 3.63) is 29.8 Å². The Morgan fingerprint density at radius 1 is 1.19 bits per heavy atom. The highest BCUT2D eigenvalue weighted by Crippen LogP contribution is 2.23. The van der Waals surface area contributed by atoms with Crippen LogP contribution in [0.4, 0.5) is 14.5 Å². The fourth-order valence-electron chi connectivity index (χ4n) is 2.15. The van der Waals surface area contributed by atoms with Crippen molar-refractivity contribution in [3.8, 4) is 0 Å². The van der Waals surface area contributed by atoms with Gasteiger partial charge in [0, 0.05) is 12.1 Å². The maximum Gasteiger partial charge on any atom is 0.146 e. The van der Waals surface area contributed by atoms with E-state index in [0.29, 0.717) is 0 Å². The molecular weight excluding hydrogens is 210 g/mol. The Morgan fingerprint density at radius 2 is 1.94 bits per heavy atom. The van der Waals surface area contributed by atoms with Crippen LogP contribution in [0.3, 0.4) is 0 Å². The summed E-state index contributed by atoms with van der Waals surface area (Å²) in [6, 6.07) is 3.49. The molecule has 0 aromatic heterocycles. The molecule has 2 atom stereocenters. The minimum atomic E-state index is -0.437. The zero-order valence-corrected chi connectivity index (χ0v) is 9.05. The molecule has 1 aromatic rings. The molecule has 0 amide bonds. The number of nitrogens with two attached hydrogens (primary N) is 1. The molecule has 4 heteroatoms. The van der Waals surface area contributed by atoms with E-state index in [9.17, 15) is 8.78 Å². The molecule has 1 aliphatic rings. The molecule has 0 unspecified atom stereocenters. The molecule has 0 aliphatic heterocycles. The maximum atomic E-state index is 13.4. The zero-order chi connectivity index (χ0) is 11.5. The smallest absolute Gasteiger partial charge is 0.146 e. The number of halogens is 2. The van der Waals surface area contributed by atoms with Gasteiger partial charge in [-0.2, -0.15) is 0 Å². The summed E-state index contributed by atoms with van der Waals surface area (Å²) in [6.45, 7) is 0. The molecular formula is C12H16F2N2.